The lowest BCUT2D eigenvalue weighted by Crippen LogP contribution is -2.30. The van der Waals surface area contributed by atoms with E-state index in [-0.39, 0.29) is 31.1 Å². The summed E-state index contributed by atoms with van der Waals surface area (Å²) in [6.45, 7) is 2.20. The van der Waals surface area contributed by atoms with Gasteiger partial charge in [-0.05, 0) is 30.2 Å². The molecule has 0 heterocycles. The number of nitro benzene ring substituents is 1. The molecule has 0 unspecified atom stereocenters. The number of aryl methyl sites for hydroxylation is 1. The van der Waals surface area contributed by atoms with E-state index in [1.54, 1.807) is 0 Å². The monoisotopic (exact) mass is 381 g/mol. The summed E-state index contributed by atoms with van der Waals surface area (Å²) < 4.78 is 38.0. The second-order valence-corrected chi connectivity index (χ2v) is 5.87. The molecule has 0 aromatic heterocycles. The van der Waals surface area contributed by atoms with Gasteiger partial charge < -0.3 is 10.6 Å². The van der Waals surface area contributed by atoms with Crippen molar-refractivity contribution in [1.82, 2.24) is 5.32 Å². The summed E-state index contributed by atoms with van der Waals surface area (Å²) in [6, 6.07) is 9.71. The van der Waals surface area contributed by atoms with Gasteiger partial charge in [-0.1, -0.05) is 24.3 Å². The van der Waals surface area contributed by atoms with E-state index >= 15 is 0 Å². The maximum Gasteiger partial charge on any atom is 0.416 e. The molecule has 0 aliphatic carbocycles. The van der Waals surface area contributed by atoms with Gasteiger partial charge in [0.1, 0.15) is 5.69 Å². The molecule has 9 heteroatoms. The van der Waals surface area contributed by atoms with Crippen molar-refractivity contribution in [1.29, 1.82) is 0 Å². The minimum atomic E-state index is -4.66. The predicted octanol–water partition coefficient (Wildman–Crippen LogP) is 3.69. The van der Waals surface area contributed by atoms with Crippen molar-refractivity contribution in [2.24, 2.45) is 0 Å². The van der Waals surface area contributed by atoms with Crippen LogP contribution in [0.1, 0.15) is 16.7 Å². The average molecular weight is 381 g/mol. The number of carbonyl (C=O) groups is 1. The van der Waals surface area contributed by atoms with E-state index in [2.05, 4.69) is 10.6 Å². The Morgan fingerprint density at radius 1 is 1.15 bits per heavy atom. The van der Waals surface area contributed by atoms with Crippen LogP contribution in [-0.4, -0.2) is 23.9 Å². The molecule has 1 amide bonds. The van der Waals surface area contributed by atoms with Gasteiger partial charge in [-0.25, -0.2) is 0 Å². The number of nitro groups is 1. The first-order valence-electron chi connectivity index (χ1n) is 8.09. The number of amides is 1. The highest BCUT2D eigenvalue weighted by molar-refractivity contribution is 5.79. The van der Waals surface area contributed by atoms with Crippen molar-refractivity contribution in [2.45, 2.75) is 19.5 Å². The fraction of sp³-hybridized carbons (Fsp3) is 0.278. The molecular formula is C18H18F3N3O3. The highest BCUT2D eigenvalue weighted by atomic mass is 19.4. The Hall–Kier alpha value is -3.10. The molecule has 0 radical (unpaired) electrons. The van der Waals surface area contributed by atoms with Gasteiger partial charge in [-0.3, -0.25) is 14.9 Å². The van der Waals surface area contributed by atoms with E-state index in [1.165, 1.54) is 0 Å². The zero-order valence-corrected chi connectivity index (χ0v) is 14.5. The van der Waals surface area contributed by atoms with Gasteiger partial charge in [0.15, 0.2) is 0 Å². The van der Waals surface area contributed by atoms with Gasteiger partial charge in [0.05, 0.1) is 16.9 Å². The van der Waals surface area contributed by atoms with Crippen LogP contribution in [-0.2, 0) is 17.4 Å². The number of carbonyl (C=O) groups excluding carboxylic acids is 1. The minimum Gasteiger partial charge on any atom is -0.378 e. The number of benzene rings is 2. The van der Waals surface area contributed by atoms with E-state index in [0.29, 0.717) is 6.07 Å². The van der Waals surface area contributed by atoms with Crippen LogP contribution in [0, 0.1) is 17.0 Å². The summed E-state index contributed by atoms with van der Waals surface area (Å²) in [5, 5.41) is 16.3. The lowest BCUT2D eigenvalue weighted by molar-refractivity contribution is -0.384. The molecule has 2 N–H and O–H groups in total. The average Bonchev–Trinajstić information content (AvgIpc) is 2.59. The van der Waals surface area contributed by atoms with E-state index in [4.69, 9.17) is 0 Å². The number of hydrogen-bond acceptors (Lipinski definition) is 4. The van der Waals surface area contributed by atoms with Crippen molar-refractivity contribution < 1.29 is 22.9 Å². The van der Waals surface area contributed by atoms with Crippen LogP contribution in [0.2, 0.25) is 0 Å². The molecule has 0 atom stereocenters. The van der Waals surface area contributed by atoms with E-state index in [1.807, 2.05) is 31.2 Å². The fourth-order valence-electron chi connectivity index (χ4n) is 2.45. The highest BCUT2D eigenvalue weighted by Crippen LogP contribution is 2.34. The summed E-state index contributed by atoms with van der Waals surface area (Å²) in [5.74, 6) is -0.215. The number of rotatable bonds is 7. The Morgan fingerprint density at radius 2 is 1.85 bits per heavy atom. The highest BCUT2D eigenvalue weighted by Gasteiger charge is 2.32. The predicted molar refractivity (Wildman–Crippen MR) is 94.5 cm³/mol. The summed E-state index contributed by atoms with van der Waals surface area (Å²) in [7, 11) is 0. The van der Waals surface area contributed by atoms with Crippen LogP contribution in [0.3, 0.4) is 0 Å². The van der Waals surface area contributed by atoms with Crippen molar-refractivity contribution in [3.63, 3.8) is 0 Å². The number of nitrogens with zero attached hydrogens (tertiary/aromatic N) is 1. The molecule has 27 heavy (non-hydrogen) atoms. The third-order valence-corrected chi connectivity index (χ3v) is 3.90. The lowest BCUT2D eigenvalue weighted by atomic mass is 10.1. The zero-order chi connectivity index (χ0) is 20.0. The van der Waals surface area contributed by atoms with Crippen molar-refractivity contribution >= 4 is 17.3 Å². The van der Waals surface area contributed by atoms with Crippen LogP contribution in [0.15, 0.2) is 42.5 Å². The first kappa shape index (κ1) is 20.2. The first-order chi connectivity index (χ1) is 12.7. The second-order valence-electron chi connectivity index (χ2n) is 5.87. The fourth-order valence-corrected chi connectivity index (χ4v) is 2.45. The maximum absolute atomic E-state index is 12.7. The van der Waals surface area contributed by atoms with E-state index in [9.17, 15) is 28.1 Å². The van der Waals surface area contributed by atoms with Crippen molar-refractivity contribution in [3.8, 4) is 0 Å². The summed E-state index contributed by atoms with van der Waals surface area (Å²) in [4.78, 5) is 22.1. The second kappa shape index (κ2) is 8.52. The molecule has 6 nitrogen and oxygen atoms in total. The summed E-state index contributed by atoms with van der Waals surface area (Å²) >= 11 is 0. The van der Waals surface area contributed by atoms with Gasteiger partial charge in [0, 0.05) is 19.2 Å². The number of alkyl halides is 3. The molecule has 0 saturated heterocycles. The van der Waals surface area contributed by atoms with Crippen LogP contribution in [0.25, 0.3) is 0 Å². The van der Waals surface area contributed by atoms with Gasteiger partial charge >= 0.3 is 6.18 Å². The third-order valence-electron chi connectivity index (χ3n) is 3.90. The number of hydrogen-bond donors (Lipinski definition) is 2. The quantitative estimate of drug-likeness (QED) is 0.435. The molecule has 0 bridgehead atoms. The smallest absolute Gasteiger partial charge is 0.378 e. The normalized spacial score (nSPS) is 11.1. The Balaban J connectivity index is 1.90. The van der Waals surface area contributed by atoms with Crippen LogP contribution in [0.5, 0.6) is 0 Å². The Bertz CT molecular complexity index is 838. The Kier molecular flexibility index (Phi) is 6.38. The number of anilines is 1. The van der Waals surface area contributed by atoms with Crippen LogP contribution >= 0.6 is 0 Å². The molecule has 2 aromatic carbocycles. The molecule has 2 aromatic rings. The molecule has 144 valence electrons. The van der Waals surface area contributed by atoms with Crippen molar-refractivity contribution in [3.05, 3.63) is 69.3 Å². The van der Waals surface area contributed by atoms with Gasteiger partial charge in [-0.2, -0.15) is 13.2 Å². The van der Waals surface area contributed by atoms with Gasteiger partial charge in [0.25, 0.3) is 5.69 Å². The molecule has 0 fully saturated rings. The Labute approximate surface area is 153 Å². The lowest BCUT2D eigenvalue weighted by Gasteiger charge is -2.11. The van der Waals surface area contributed by atoms with Crippen molar-refractivity contribution in [2.75, 3.05) is 18.4 Å². The maximum atomic E-state index is 12.7. The Morgan fingerprint density at radius 3 is 2.48 bits per heavy atom. The van der Waals surface area contributed by atoms with Crippen LogP contribution in [0.4, 0.5) is 24.5 Å². The van der Waals surface area contributed by atoms with Gasteiger partial charge in [-0.15, -0.1) is 0 Å². The molecule has 0 saturated carbocycles. The molecular weight excluding hydrogens is 363 g/mol. The van der Waals surface area contributed by atoms with Gasteiger partial charge in [0.2, 0.25) is 5.91 Å². The topological polar surface area (TPSA) is 84.3 Å². The van der Waals surface area contributed by atoms with Crippen LogP contribution < -0.4 is 10.6 Å². The molecule has 2 rings (SSSR count). The first-order valence-corrected chi connectivity index (χ1v) is 8.09. The zero-order valence-electron chi connectivity index (χ0n) is 14.5. The largest absolute Gasteiger partial charge is 0.416 e. The third kappa shape index (κ3) is 5.70. The SMILES string of the molecule is Cc1ccccc1CC(=O)NCCNc1ccc(C(F)(F)F)cc1[N+](=O)[O-]. The summed E-state index contributed by atoms with van der Waals surface area (Å²) in [6.07, 6.45) is -4.46. The number of nitrogens with one attached hydrogen (secondary N) is 2. The van der Waals surface area contributed by atoms with E-state index < -0.39 is 22.4 Å². The van der Waals surface area contributed by atoms with E-state index in [0.717, 1.165) is 23.3 Å². The minimum absolute atomic E-state index is 0.0406. The molecule has 0 aliphatic heterocycles. The standard InChI is InChI=1S/C18H18F3N3O3/c1-12-4-2-3-5-13(12)10-17(25)23-9-8-22-15-7-6-14(18(19,20)21)11-16(15)24(26)27/h2-7,11,22H,8-10H2,1H3,(H,23,25). The molecule has 0 aliphatic rings. The summed E-state index contributed by atoms with van der Waals surface area (Å²) in [5.41, 5.74) is 0.0796. The number of halogens is 3. The molecule has 0 spiro atoms.